The number of fused-ring (bicyclic) bond motifs is 1. The molecule has 4 rings (SSSR count). The van der Waals surface area contributed by atoms with Crippen LogP contribution in [0.4, 0.5) is 5.69 Å². The molecule has 0 aliphatic heterocycles. The molecule has 0 spiro atoms. The van der Waals surface area contributed by atoms with E-state index in [1.165, 1.54) is 9.13 Å². The van der Waals surface area contributed by atoms with Gasteiger partial charge in [-0.25, -0.2) is 14.6 Å². The molecule has 4 aromatic rings. The van der Waals surface area contributed by atoms with Crippen LogP contribution in [-0.2, 0) is 13.6 Å². The molecule has 0 unspecified atom stereocenters. The minimum absolute atomic E-state index is 0.239. The second-order valence-electron chi connectivity index (χ2n) is 6.50. The number of halogens is 1. The zero-order valence-electron chi connectivity index (χ0n) is 15.3. The van der Waals surface area contributed by atoms with Gasteiger partial charge in [0.1, 0.15) is 11.3 Å². The van der Waals surface area contributed by atoms with Crippen LogP contribution in [0.15, 0.2) is 67.5 Å². The second-order valence-corrected chi connectivity index (χ2v) is 6.93. The van der Waals surface area contributed by atoms with E-state index >= 15 is 0 Å². The van der Waals surface area contributed by atoms with Crippen LogP contribution in [0.25, 0.3) is 11.0 Å². The molecule has 7 nitrogen and oxygen atoms in total. The highest BCUT2D eigenvalue weighted by atomic mass is 35.5. The van der Waals surface area contributed by atoms with Crippen LogP contribution in [0.3, 0.4) is 0 Å². The highest BCUT2D eigenvalue weighted by molar-refractivity contribution is 6.30. The van der Waals surface area contributed by atoms with E-state index in [9.17, 15) is 9.59 Å². The predicted octanol–water partition coefficient (Wildman–Crippen LogP) is 2.86. The van der Waals surface area contributed by atoms with Crippen molar-refractivity contribution in [1.82, 2.24) is 14.1 Å². The Morgan fingerprint density at radius 1 is 1.07 bits per heavy atom. The Labute approximate surface area is 164 Å². The van der Waals surface area contributed by atoms with Crippen molar-refractivity contribution in [1.29, 1.82) is 0 Å². The van der Waals surface area contributed by atoms with Crippen molar-refractivity contribution >= 4 is 28.3 Å². The Bertz CT molecular complexity index is 1360. The van der Waals surface area contributed by atoms with Gasteiger partial charge in [0.15, 0.2) is 0 Å². The summed E-state index contributed by atoms with van der Waals surface area (Å²) in [5.41, 5.74) is 1.40. The number of aromatic amines is 1. The summed E-state index contributed by atoms with van der Waals surface area (Å²) in [5, 5.41) is 1.51. The Hall–Kier alpha value is -3.32. The maximum absolute atomic E-state index is 12.5. The van der Waals surface area contributed by atoms with Gasteiger partial charge in [0, 0.05) is 17.5 Å². The number of benzene rings is 2. The zero-order valence-corrected chi connectivity index (χ0v) is 16.0. The van der Waals surface area contributed by atoms with Crippen molar-refractivity contribution in [3.8, 4) is 0 Å². The Balaban J connectivity index is 1.90. The molecule has 0 bridgehead atoms. The summed E-state index contributed by atoms with van der Waals surface area (Å²) in [5.74, 6) is 0.800. The number of hydrogen-bond donors (Lipinski definition) is 1. The predicted molar refractivity (Wildman–Crippen MR) is 107 cm³/mol. The fourth-order valence-corrected chi connectivity index (χ4v) is 3.13. The average molecular weight is 397 g/mol. The van der Waals surface area contributed by atoms with E-state index in [4.69, 9.17) is 16.0 Å². The Morgan fingerprint density at radius 3 is 2.57 bits per heavy atom. The van der Waals surface area contributed by atoms with E-state index in [0.29, 0.717) is 10.7 Å². The molecule has 2 aromatic carbocycles. The summed E-state index contributed by atoms with van der Waals surface area (Å²) >= 11 is 5.93. The summed E-state index contributed by atoms with van der Waals surface area (Å²) in [6, 6.07) is 14.5. The van der Waals surface area contributed by atoms with E-state index in [-0.39, 0.29) is 12.2 Å². The van der Waals surface area contributed by atoms with Crippen LogP contribution in [0.5, 0.6) is 0 Å². The van der Waals surface area contributed by atoms with Crippen LogP contribution in [0.2, 0.25) is 5.02 Å². The molecule has 0 radical (unpaired) electrons. The fraction of sp³-hybridized carbons (Fsp3) is 0.150. The molecule has 2 heterocycles. The Morgan fingerprint density at radius 2 is 1.82 bits per heavy atom. The molecule has 8 heteroatoms. The van der Waals surface area contributed by atoms with Gasteiger partial charge in [-0.05, 0) is 48.9 Å². The first-order valence-electron chi connectivity index (χ1n) is 8.60. The van der Waals surface area contributed by atoms with Crippen molar-refractivity contribution in [3.63, 3.8) is 0 Å². The molecule has 0 aliphatic carbocycles. The quantitative estimate of drug-likeness (QED) is 0.577. The SMILES string of the molecule is Cc1cc2cc(N=c3n(C)c(=O)[nH]c(=O)n3Cc3ccc(Cl)cc3)ccc2o1. The number of H-pyrrole nitrogens is 1. The van der Waals surface area contributed by atoms with Gasteiger partial charge in [-0.2, -0.15) is 0 Å². The lowest BCUT2D eigenvalue weighted by Crippen LogP contribution is -2.49. The smallest absolute Gasteiger partial charge is 0.332 e. The molecule has 2 aromatic heterocycles. The molecular formula is C20H17ClN4O3. The lowest BCUT2D eigenvalue weighted by atomic mass is 10.2. The summed E-state index contributed by atoms with van der Waals surface area (Å²) < 4.78 is 8.30. The van der Waals surface area contributed by atoms with Crippen molar-refractivity contribution in [2.24, 2.45) is 12.0 Å². The van der Waals surface area contributed by atoms with E-state index in [1.807, 2.05) is 37.3 Å². The standard InChI is InChI=1S/C20H17ClN4O3/c1-12-9-14-10-16(7-8-17(14)28-12)22-18-24(2)19(26)23-20(27)25(18)11-13-3-5-15(21)6-4-13/h3-10H,11H2,1-2H3,(H,23,26,27). The molecule has 0 fully saturated rings. The first-order valence-corrected chi connectivity index (χ1v) is 8.98. The molecule has 0 amide bonds. The molecule has 1 N–H and O–H groups in total. The van der Waals surface area contributed by atoms with Crippen LogP contribution >= 0.6 is 11.6 Å². The first-order chi connectivity index (χ1) is 13.4. The fourth-order valence-electron chi connectivity index (χ4n) is 3.00. The third-order valence-corrected chi connectivity index (χ3v) is 4.66. The van der Waals surface area contributed by atoms with Gasteiger partial charge in [-0.1, -0.05) is 23.7 Å². The first kappa shape index (κ1) is 18.1. The maximum atomic E-state index is 12.5. The lowest BCUT2D eigenvalue weighted by molar-refractivity contribution is 0.570. The van der Waals surface area contributed by atoms with E-state index < -0.39 is 11.4 Å². The van der Waals surface area contributed by atoms with Crippen molar-refractivity contribution in [3.05, 3.63) is 91.5 Å². The monoisotopic (exact) mass is 396 g/mol. The van der Waals surface area contributed by atoms with Gasteiger partial charge in [-0.15, -0.1) is 0 Å². The Kier molecular flexibility index (Phi) is 4.52. The number of nitrogens with zero attached hydrogens (tertiary/aromatic N) is 3. The minimum Gasteiger partial charge on any atom is -0.461 e. The molecule has 0 atom stereocenters. The van der Waals surface area contributed by atoms with Crippen LogP contribution < -0.4 is 17.0 Å². The number of furan rings is 1. The normalized spacial score (nSPS) is 12.0. The van der Waals surface area contributed by atoms with Crippen molar-refractivity contribution < 1.29 is 4.42 Å². The number of hydrogen-bond acceptors (Lipinski definition) is 4. The summed E-state index contributed by atoms with van der Waals surface area (Å²) in [6.45, 7) is 2.11. The molecule has 28 heavy (non-hydrogen) atoms. The van der Waals surface area contributed by atoms with Crippen LogP contribution in [-0.4, -0.2) is 14.1 Å². The number of nitrogens with one attached hydrogen (secondary N) is 1. The van der Waals surface area contributed by atoms with Crippen molar-refractivity contribution in [2.75, 3.05) is 0 Å². The molecule has 0 aliphatic rings. The van der Waals surface area contributed by atoms with E-state index in [0.717, 1.165) is 22.3 Å². The molecule has 142 valence electrons. The van der Waals surface area contributed by atoms with Gasteiger partial charge in [0.05, 0.1) is 12.2 Å². The largest absolute Gasteiger partial charge is 0.461 e. The van der Waals surface area contributed by atoms with Crippen LogP contribution in [0.1, 0.15) is 11.3 Å². The molecular weight excluding hydrogens is 380 g/mol. The summed E-state index contributed by atoms with van der Waals surface area (Å²) in [4.78, 5) is 31.5. The summed E-state index contributed by atoms with van der Waals surface area (Å²) in [6.07, 6.45) is 0. The number of aromatic nitrogens is 3. The maximum Gasteiger partial charge on any atom is 0.332 e. The average Bonchev–Trinajstić information content (AvgIpc) is 3.03. The van der Waals surface area contributed by atoms with E-state index in [1.54, 1.807) is 25.2 Å². The molecule has 0 saturated carbocycles. The van der Waals surface area contributed by atoms with Gasteiger partial charge in [0.25, 0.3) is 0 Å². The lowest BCUT2D eigenvalue weighted by Gasteiger charge is -2.09. The zero-order chi connectivity index (χ0) is 19.8. The van der Waals surface area contributed by atoms with Gasteiger partial charge in [0.2, 0.25) is 5.62 Å². The topological polar surface area (TPSA) is 85.3 Å². The van der Waals surface area contributed by atoms with Crippen LogP contribution in [0, 0.1) is 6.92 Å². The molecule has 0 saturated heterocycles. The second kappa shape index (κ2) is 7.01. The van der Waals surface area contributed by atoms with Crippen molar-refractivity contribution in [2.45, 2.75) is 13.5 Å². The number of aryl methyl sites for hydroxylation is 1. The minimum atomic E-state index is -0.531. The van der Waals surface area contributed by atoms with Gasteiger partial charge in [-0.3, -0.25) is 14.1 Å². The summed E-state index contributed by atoms with van der Waals surface area (Å²) in [7, 11) is 1.57. The number of rotatable bonds is 3. The van der Waals surface area contributed by atoms with Gasteiger partial charge < -0.3 is 4.42 Å². The highest BCUT2D eigenvalue weighted by Crippen LogP contribution is 2.23. The van der Waals surface area contributed by atoms with E-state index in [2.05, 4.69) is 9.98 Å². The third kappa shape index (κ3) is 3.44. The van der Waals surface area contributed by atoms with Gasteiger partial charge >= 0.3 is 11.4 Å². The third-order valence-electron chi connectivity index (χ3n) is 4.41. The highest BCUT2D eigenvalue weighted by Gasteiger charge is 2.08.